The van der Waals surface area contributed by atoms with Crippen molar-refractivity contribution in [3.8, 4) is 0 Å². The minimum atomic E-state index is 0.0433. The maximum absolute atomic E-state index is 11.9. The fourth-order valence-electron chi connectivity index (χ4n) is 1.53. The van der Waals surface area contributed by atoms with Crippen molar-refractivity contribution in [3.63, 3.8) is 0 Å². The average Bonchev–Trinajstić information content (AvgIpc) is 1.97. The highest BCUT2D eigenvalue weighted by Crippen LogP contribution is 2.25. The van der Waals surface area contributed by atoms with Gasteiger partial charge in [-0.1, -0.05) is 27.7 Å². The maximum Gasteiger partial charge on any atom is 0.223 e. The summed E-state index contributed by atoms with van der Waals surface area (Å²) in [5.41, 5.74) is 0.0433. The molecule has 1 aliphatic rings. The number of hydrogen-bond acceptors (Lipinski definition) is 2. The number of amides is 1. The Morgan fingerprint density at radius 1 is 1.33 bits per heavy atom. The molecule has 1 fully saturated rings. The smallest absolute Gasteiger partial charge is 0.223 e. The Balaban J connectivity index is 2.40. The summed E-state index contributed by atoms with van der Waals surface area (Å²) >= 11 is 0. The van der Waals surface area contributed by atoms with E-state index in [1.54, 1.807) is 0 Å². The summed E-state index contributed by atoms with van der Waals surface area (Å²) in [6.07, 6.45) is 0. The van der Waals surface area contributed by atoms with Gasteiger partial charge in [-0.2, -0.15) is 0 Å². The van der Waals surface area contributed by atoms with Crippen LogP contribution >= 0.6 is 0 Å². The summed E-state index contributed by atoms with van der Waals surface area (Å²) in [6.45, 7) is 12.5. The largest absolute Gasteiger partial charge is 0.353 e. The molecule has 1 heterocycles. The van der Waals surface area contributed by atoms with Gasteiger partial charge >= 0.3 is 0 Å². The number of rotatable bonds is 3. The SMILES string of the molecule is CC(NC(=O)C(C)C(C)(C)C)C1CNC1. The first kappa shape index (κ1) is 12.5. The third-order valence-electron chi connectivity index (χ3n) is 3.58. The molecule has 2 atom stereocenters. The molecule has 0 aromatic rings. The molecule has 0 spiro atoms. The van der Waals surface area contributed by atoms with E-state index < -0.39 is 0 Å². The van der Waals surface area contributed by atoms with E-state index in [0.717, 1.165) is 13.1 Å². The average molecular weight is 212 g/mol. The van der Waals surface area contributed by atoms with Gasteiger partial charge in [-0.25, -0.2) is 0 Å². The van der Waals surface area contributed by atoms with Gasteiger partial charge in [0.05, 0.1) is 0 Å². The van der Waals surface area contributed by atoms with E-state index in [1.165, 1.54) is 0 Å². The minimum Gasteiger partial charge on any atom is -0.353 e. The van der Waals surface area contributed by atoms with Gasteiger partial charge in [0.1, 0.15) is 0 Å². The lowest BCUT2D eigenvalue weighted by Crippen LogP contribution is -2.54. The number of hydrogen-bond donors (Lipinski definition) is 2. The van der Waals surface area contributed by atoms with Crippen LogP contribution in [0.25, 0.3) is 0 Å². The standard InChI is InChI=1S/C12H24N2O/c1-8(12(3,4)5)11(15)14-9(2)10-6-13-7-10/h8-10,13H,6-7H2,1-5H3,(H,14,15). The van der Waals surface area contributed by atoms with Crippen LogP contribution in [0.15, 0.2) is 0 Å². The van der Waals surface area contributed by atoms with E-state index in [2.05, 4.69) is 38.3 Å². The van der Waals surface area contributed by atoms with Gasteiger partial charge in [0.2, 0.25) is 5.91 Å². The summed E-state index contributed by atoms with van der Waals surface area (Å²) in [5.74, 6) is 0.857. The minimum absolute atomic E-state index is 0.0433. The van der Waals surface area contributed by atoms with Crippen LogP contribution < -0.4 is 10.6 Å². The van der Waals surface area contributed by atoms with Crippen molar-refractivity contribution in [2.45, 2.75) is 40.7 Å². The van der Waals surface area contributed by atoms with Crippen LogP contribution in [0.1, 0.15) is 34.6 Å². The molecule has 0 radical (unpaired) electrons. The molecule has 0 aliphatic carbocycles. The summed E-state index contributed by atoms with van der Waals surface area (Å²) in [7, 11) is 0. The second-order valence-corrected chi connectivity index (χ2v) is 5.80. The van der Waals surface area contributed by atoms with Crippen LogP contribution in [0, 0.1) is 17.3 Å². The summed E-state index contributed by atoms with van der Waals surface area (Å²) in [5, 5.41) is 6.33. The molecular formula is C12H24N2O. The second-order valence-electron chi connectivity index (χ2n) is 5.80. The highest BCUT2D eigenvalue weighted by molar-refractivity contribution is 5.79. The highest BCUT2D eigenvalue weighted by Gasteiger charge is 2.30. The van der Waals surface area contributed by atoms with E-state index in [0.29, 0.717) is 12.0 Å². The van der Waals surface area contributed by atoms with Crippen LogP contribution in [0.2, 0.25) is 0 Å². The lowest BCUT2D eigenvalue weighted by Gasteiger charge is -2.35. The van der Waals surface area contributed by atoms with Gasteiger partial charge in [0.25, 0.3) is 0 Å². The number of carbonyl (C=O) groups excluding carboxylic acids is 1. The molecule has 3 nitrogen and oxygen atoms in total. The van der Waals surface area contributed by atoms with Crippen molar-refractivity contribution in [2.75, 3.05) is 13.1 Å². The zero-order valence-corrected chi connectivity index (χ0v) is 10.6. The van der Waals surface area contributed by atoms with E-state index >= 15 is 0 Å². The summed E-state index contributed by atoms with van der Waals surface area (Å²) in [4.78, 5) is 11.9. The van der Waals surface area contributed by atoms with Gasteiger partial charge in [0, 0.05) is 31.0 Å². The van der Waals surface area contributed by atoms with E-state index in [9.17, 15) is 4.79 Å². The first-order valence-corrected chi connectivity index (χ1v) is 5.83. The second kappa shape index (κ2) is 4.52. The predicted molar refractivity (Wildman–Crippen MR) is 62.6 cm³/mol. The molecule has 15 heavy (non-hydrogen) atoms. The molecule has 0 aromatic carbocycles. The maximum atomic E-state index is 11.9. The molecule has 2 unspecified atom stereocenters. The molecule has 1 aliphatic heterocycles. The monoisotopic (exact) mass is 212 g/mol. The third kappa shape index (κ3) is 3.20. The Kier molecular flexibility index (Phi) is 3.77. The topological polar surface area (TPSA) is 41.1 Å². The van der Waals surface area contributed by atoms with Crippen molar-refractivity contribution in [3.05, 3.63) is 0 Å². The van der Waals surface area contributed by atoms with Crippen LogP contribution in [-0.4, -0.2) is 25.0 Å². The molecule has 0 aromatic heterocycles. The van der Waals surface area contributed by atoms with Crippen molar-refractivity contribution in [2.24, 2.45) is 17.3 Å². The molecule has 3 heteroatoms. The predicted octanol–water partition coefficient (Wildman–Crippen LogP) is 1.39. The van der Waals surface area contributed by atoms with Crippen molar-refractivity contribution in [1.29, 1.82) is 0 Å². The van der Waals surface area contributed by atoms with Gasteiger partial charge in [-0.15, -0.1) is 0 Å². The fourth-order valence-corrected chi connectivity index (χ4v) is 1.53. The molecule has 0 bridgehead atoms. The molecule has 2 N–H and O–H groups in total. The van der Waals surface area contributed by atoms with Gasteiger partial charge < -0.3 is 10.6 Å². The number of carbonyl (C=O) groups is 1. The Bertz CT molecular complexity index is 228. The Labute approximate surface area is 93.0 Å². The van der Waals surface area contributed by atoms with E-state index in [-0.39, 0.29) is 17.2 Å². The van der Waals surface area contributed by atoms with Crippen molar-refractivity contribution < 1.29 is 4.79 Å². The van der Waals surface area contributed by atoms with Crippen LogP contribution in [0.5, 0.6) is 0 Å². The van der Waals surface area contributed by atoms with Gasteiger partial charge in [0.15, 0.2) is 0 Å². The zero-order chi connectivity index (χ0) is 11.6. The van der Waals surface area contributed by atoms with Gasteiger partial charge in [-0.05, 0) is 12.3 Å². The van der Waals surface area contributed by atoms with E-state index in [1.807, 2.05) is 6.92 Å². The Morgan fingerprint density at radius 3 is 2.20 bits per heavy atom. The highest BCUT2D eigenvalue weighted by atomic mass is 16.1. The molecule has 88 valence electrons. The van der Waals surface area contributed by atoms with Crippen molar-refractivity contribution >= 4 is 5.91 Å². The normalized spacial score (nSPS) is 21.7. The molecular weight excluding hydrogens is 188 g/mol. The van der Waals surface area contributed by atoms with Crippen LogP contribution in [0.4, 0.5) is 0 Å². The first-order valence-electron chi connectivity index (χ1n) is 5.83. The fraction of sp³-hybridized carbons (Fsp3) is 0.917. The summed E-state index contributed by atoms with van der Waals surface area (Å²) in [6, 6.07) is 0.295. The first-order chi connectivity index (χ1) is 6.82. The summed E-state index contributed by atoms with van der Waals surface area (Å²) < 4.78 is 0. The molecule has 1 amide bonds. The van der Waals surface area contributed by atoms with E-state index in [4.69, 9.17) is 0 Å². The molecule has 0 saturated carbocycles. The van der Waals surface area contributed by atoms with Crippen molar-refractivity contribution in [1.82, 2.24) is 10.6 Å². The zero-order valence-electron chi connectivity index (χ0n) is 10.6. The lowest BCUT2D eigenvalue weighted by atomic mass is 9.81. The third-order valence-corrected chi connectivity index (χ3v) is 3.58. The Hall–Kier alpha value is -0.570. The lowest BCUT2D eigenvalue weighted by molar-refractivity contribution is -0.128. The number of nitrogens with one attached hydrogen (secondary N) is 2. The van der Waals surface area contributed by atoms with Gasteiger partial charge in [-0.3, -0.25) is 4.79 Å². The molecule has 1 rings (SSSR count). The Morgan fingerprint density at radius 2 is 1.87 bits per heavy atom. The molecule has 1 saturated heterocycles. The quantitative estimate of drug-likeness (QED) is 0.742. The van der Waals surface area contributed by atoms with Crippen LogP contribution in [-0.2, 0) is 4.79 Å². The van der Waals surface area contributed by atoms with Crippen LogP contribution in [0.3, 0.4) is 0 Å².